The molecule has 7 heteroatoms. The average Bonchev–Trinajstić information content (AvgIpc) is 2.59. The van der Waals surface area contributed by atoms with E-state index in [-0.39, 0.29) is 29.8 Å². The van der Waals surface area contributed by atoms with Crippen molar-refractivity contribution in [1.29, 1.82) is 0 Å². The summed E-state index contributed by atoms with van der Waals surface area (Å²) in [5.74, 6) is -0.182. The second kappa shape index (κ2) is 8.23. The predicted octanol–water partition coefficient (Wildman–Crippen LogP) is 1.23. The van der Waals surface area contributed by atoms with Crippen LogP contribution in [0, 0.1) is 0 Å². The van der Waals surface area contributed by atoms with Crippen molar-refractivity contribution in [3.05, 3.63) is 42.5 Å². The molecular weight excluding hydrogens is 326 g/mol. The first-order valence-corrected chi connectivity index (χ1v) is 9.33. The highest BCUT2D eigenvalue weighted by Gasteiger charge is 2.14. The molecule has 2 rings (SSSR count). The van der Waals surface area contributed by atoms with Crippen molar-refractivity contribution in [1.82, 2.24) is 15.4 Å². The van der Waals surface area contributed by atoms with Crippen LogP contribution in [0.4, 0.5) is 0 Å². The van der Waals surface area contributed by atoms with Crippen molar-refractivity contribution in [2.75, 3.05) is 20.1 Å². The zero-order valence-corrected chi connectivity index (χ0v) is 14.7. The third-order valence-electron chi connectivity index (χ3n) is 3.77. The lowest BCUT2D eigenvalue weighted by Crippen LogP contribution is -2.38. The van der Waals surface area contributed by atoms with E-state index in [0.29, 0.717) is 6.54 Å². The maximum Gasteiger partial charge on any atom is 0.240 e. The molecule has 0 aliphatic heterocycles. The summed E-state index contributed by atoms with van der Waals surface area (Å²) in [5, 5.41) is 7.60. The van der Waals surface area contributed by atoms with E-state index >= 15 is 0 Å². The van der Waals surface area contributed by atoms with E-state index in [1.165, 1.54) is 0 Å². The lowest BCUT2D eigenvalue weighted by molar-refractivity contribution is -0.121. The summed E-state index contributed by atoms with van der Waals surface area (Å²) < 4.78 is 27.1. The first-order chi connectivity index (χ1) is 11.4. The van der Waals surface area contributed by atoms with Crippen molar-refractivity contribution < 1.29 is 13.2 Å². The number of sulfonamides is 1. The molecule has 24 heavy (non-hydrogen) atoms. The SMILES string of the molecule is CNC(C)CNC(=O)CCNS(=O)(=O)c1ccc2ccccc2c1. The van der Waals surface area contributed by atoms with E-state index in [2.05, 4.69) is 15.4 Å². The molecule has 0 aliphatic rings. The monoisotopic (exact) mass is 349 g/mol. The number of carbonyl (C=O) groups excluding carboxylic acids is 1. The molecule has 0 aromatic heterocycles. The Balaban J connectivity index is 1.92. The summed E-state index contributed by atoms with van der Waals surface area (Å²) in [7, 11) is -1.81. The Bertz CT molecular complexity index is 806. The van der Waals surface area contributed by atoms with Crippen LogP contribution in [0.15, 0.2) is 47.4 Å². The minimum absolute atomic E-state index is 0.0644. The summed E-state index contributed by atoms with van der Waals surface area (Å²) in [6.45, 7) is 2.52. The summed E-state index contributed by atoms with van der Waals surface area (Å²) in [4.78, 5) is 11.9. The third kappa shape index (κ3) is 5.02. The first kappa shape index (κ1) is 18.4. The molecule has 0 saturated heterocycles. The molecule has 0 heterocycles. The van der Waals surface area contributed by atoms with Crippen LogP contribution in [0.2, 0.25) is 0 Å². The average molecular weight is 349 g/mol. The fourth-order valence-electron chi connectivity index (χ4n) is 2.17. The second-order valence-corrected chi connectivity index (χ2v) is 7.42. The van der Waals surface area contributed by atoms with Crippen LogP contribution in [0.25, 0.3) is 10.8 Å². The van der Waals surface area contributed by atoms with Gasteiger partial charge in [-0.15, -0.1) is 0 Å². The molecule has 2 aromatic rings. The normalized spacial score (nSPS) is 12.9. The highest BCUT2D eigenvalue weighted by atomic mass is 32.2. The summed E-state index contributed by atoms with van der Waals surface area (Å²) in [6, 6.07) is 12.7. The Labute approximate surface area is 142 Å². The molecular formula is C17H23N3O3S. The lowest BCUT2D eigenvalue weighted by Gasteiger charge is -2.12. The summed E-state index contributed by atoms with van der Waals surface area (Å²) >= 11 is 0. The van der Waals surface area contributed by atoms with Gasteiger partial charge >= 0.3 is 0 Å². The standard InChI is InChI=1S/C17H23N3O3S/c1-13(18-2)12-19-17(21)9-10-20-24(22,23)16-8-7-14-5-3-4-6-15(14)11-16/h3-8,11,13,18,20H,9-10,12H2,1-2H3,(H,19,21). The molecule has 6 nitrogen and oxygen atoms in total. The van der Waals surface area contributed by atoms with Gasteiger partial charge in [-0.1, -0.05) is 30.3 Å². The van der Waals surface area contributed by atoms with Gasteiger partial charge in [0.15, 0.2) is 0 Å². The Hall–Kier alpha value is -1.96. The van der Waals surface area contributed by atoms with E-state index in [0.717, 1.165) is 10.8 Å². The van der Waals surface area contributed by atoms with E-state index in [1.54, 1.807) is 18.2 Å². The Morgan fingerprint density at radius 2 is 1.83 bits per heavy atom. The van der Waals surface area contributed by atoms with Gasteiger partial charge in [0.2, 0.25) is 15.9 Å². The van der Waals surface area contributed by atoms with Crippen molar-refractivity contribution in [3.63, 3.8) is 0 Å². The van der Waals surface area contributed by atoms with Crippen LogP contribution >= 0.6 is 0 Å². The Morgan fingerprint density at radius 3 is 2.54 bits per heavy atom. The van der Waals surface area contributed by atoms with Crippen molar-refractivity contribution in [2.45, 2.75) is 24.3 Å². The highest BCUT2D eigenvalue weighted by Crippen LogP contribution is 2.18. The Kier molecular flexibility index (Phi) is 6.30. The van der Waals surface area contributed by atoms with Gasteiger partial charge in [-0.2, -0.15) is 0 Å². The van der Waals surface area contributed by atoms with Gasteiger partial charge in [-0.25, -0.2) is 13.1 Å². The number of amides is 1. The van der Waals surface area contributed by atoms with Gasteiger partial charge in [-0.3, -0.25) is 4.79 Å². The summed E-state index contributed by atoms with van der Waals surface area (Å²) in [6.07, 6.45) is 0.100. The van der Waals surface area contributed by atoms with Crippen LogP contribution < -0.4 is 15.4 Å². The second-order valence-electron chi connectivity index (χ2n) is 5.65. The van der Waals surface area contributed by atoms with Crippen LogP contribution in [0.1, 0.15) is 13.3 Å². The maximum atomic E-state index is 12.3. The number of benzene rings is 2. The summed E-state index contributed by atoms with van der Waals surface area (Å²) in [5.41, 5.74) is 0. The quantitative estimate of drug-likeness (QED) is 0.669. The van der Waals surface area contributed by atoms with Crippen molar-refractivity contribution in [3.8, 4) is 0 Å². The van der Waals surface area contributed by atoms with Gasteiger partial charge in [0.1, 0.15) is 0 Å². The van der Waals surface area contributed by atoms with Crippen molar-refractivity contribution in [2.24, 2.45) is 0 Å². The molecule has 2 aromatic carbocycles. The molecule has 0 spiro atoms. The van der Waals surface area contributed by atoms with E-state index in [4.69, 9.17) is 0 Å². The molecule has 130 valence electrons. The van der Waals surface area contributed by atoms with Gasteiger partial charge in [-0.05, 0) is 36.9 Å². The topological polar surface area (TPSA) is 87.3 Å². The van der Waals surface area contributed by atoms with E-state index in [1.807, 2.05) is 38.2 Å². The number of fused-ring (bicyclic) bond motifs is 1. The molecule has 0 fully saturated rings. The molecule has 1 unspecified atom stereocenters. The molecule has 0 saturated carbocycles. The number of likely N-dealkylation sites (N-methyl/N-ethyl adjacent to an activating group) is 1. The lowest BCUT2D eigenvalue weighted by atomic mass is 10.1. The van der Waals surface area contributed by atoms with Gasteiger partial charge in [0, 0.05) is 25.6 Å². The number of hydrogen-bond acceptors (Lipinski definition) is 4. The van der Waals surface area contributed by atoms with Crippen LogP contribution in [0.5, 0.6) is 0 Å². The largest absolute Gasteiger partial charge is 0.355 e. The number of carbonyl (C=O) groups is 1. The third-order valence-corrected chi connectivity index (χ3v) is 5.23. The molecule has 1 amide bonds. The number of rotatable bonds is 8. The maximum absolute atomic E-state index is 12.3. The minimum Gasteiger partial charge on any atom is -0.355 e. The zero-order chi connectivity index (χ0) is 17.6. The smallest absolute Gasteiger partial charge is 0.240 e. The van der Waals surface area contributed by atoms with Crippen LogP contribution in [0.3, 0.4) is 0 Å². The Morgan fingerprint density at radius 1 is 1.12 bits per heavy atom. The van der Waals surface area contributed by atoms with Gasteiger partial charge < -0.3 is 10.6 Å². The predicted molar refractivity (Wildman–Crippen MR) is 95.3 cm³/mol. The van der Waals surface area contributed by atoms with Crippen LogP contribution in [-0.2, 0) is 14.8 Å². The number of hydrogen-bond donors (Lipinski definition) is 3. The zero-order valence-electron chi connectivity index (χ0n) is 13.9. The first-order valence-electron chi connectivity index (χ1n) is 7.85. The molecule has 0 bridgehead atoms. The minimum atomic E-state index is -3.63. The number of nitrogens with one attached hydrogen (secondary N) is 3. The van der Waals surface area contributed by atoms with E-state index < -0.39 is 10.0 Å². The molecule has 3 N–H and O–H groups in total. The molecule has 0 aliphatic carbocycles. The van der Waals surface area contributed by atoms with Gasteiger partial charge in [0.05, 0.1) is 4.90 Å². The highest BCUT2D eigenvalue weighted by molar-refractivity contribution is 7.89. The molecule has 0 radical (unpaired) electrons. The van der Waals surface area contributed by atoms with Gasteiger partial charge in [0.25, 0.3) is 0 Å². The van der Waals surface area contributed by atoms with E-state index in [9.17, 15) is 13.2 Å². The van der Waals surface area contributed by atoms with Crippen LogP contribution in [-0.4, -0.2) is 40.5 Å². The fourth-order valence-corrected chi connectivity index (χ4v) is 3.24. The molecule has 1 atom stereocenters. The van der Waals surface area contributed by atoms with Crippen molar-refractivity contribution >= 4 is 26.7 Å². The fraction of sp³-hybridized carbons (Fsp3) is 0.353.